The fourth-order valence-electron chi connectivity index (χ4n) is 0.690. The number of hydrogen-bond donors (Lipinski definition) is 2. The highest BCUT2D eigenvalue weighted by Gasteiger charge is 1.89. The molecule has 0 aromatic carbocycles. The Labute approximate surface area is 81.9 Å². The van der Waals surface area contributed by atoms with E-state index in [9.17, 15) is 0 Å². The van der Waals surface area contributed by atoms with E-state index in [1.165, 1.54) is 12.8 Å². The normalized spacial score (nSPS) is 13.5. The Morgan fingerprint density at radius 1 is 1.25 bits per heavy atom. The monoisotopic (exact) mass is 224 g/mol. The summed E-state index contributed by atoms with van der Waals surface area (Å²) in [7, 11) is 0.396. The van der Waals surface area contributed by atoms with Crippen molar-refractivity contribution in [2.24, 2.45) is 0 Å². The number of hydrogen-bond acceptors (Lipinski definition) is 4. The van der Waals surface area contributed by atoms with Gasteiger partial charge >= 0.3 is 0 Å². The van der Waals surface area contributed by atoms with Gasteiger partial charge in [0.1, 0.15) is 0 Å². The average Bonchev–Trinajstić information content (AvgIpc) is 2.10. The van der Waals surface area contributed by atoms with Crippen LogP contribution in [0, 0.1) is 0 Å². The Balaban J connectivity index is 2.73. The zero-order valence-electron chi connectivity index (χ0n) is 8.06. The van der Waals surface area contributed by atoms with Crippen LogP contribution >= 0.6 is 0 Å². The largest absolute Gasteiger partial charge is 0.433 e. The van der Waals surface area contributed by atoms with Crippen molar-refractivity contribution in [2.75, 3.05) is 13.6 Å². The van der Waals surface area contributed by atoms with Crippen molar-refractivity contribution < 1.29 is 8.23 Å². The van der Waals surface area contributed by atoms with E-state index in [1.54, 1.807) is 0 Å². The van der Waals surface area contributed by atoms with Gasteiger partial charge in [-0.05, 0) is 20.0 Å². The molecule has 0 radical (unpaired) electrons. The molecule has 0 amide bonds. The first kappa shape index (κ1) is 12.5. The van der Waals surface area contributed by atoms with Gasteiger partial charge in [0, 0.05) is 0 Å². The van der Waals surface area contributed by atoms with E-state index in [1.807, 2.05) is 7.05 Å². The van der Waals surface area contributed by atoms with Crippen LogP contribution in [0.3, 0.4) is 0 Å². The first-order chi connectivity index (χ1) is 5.91. The SMILES string of the molecule is CCCCN[SiH2]O[SiH2]O[SiH2]NC. The summed E-state index contributed by atoms with van der Waals surface area (Å²) < 4.78 is 10.7. The third-order valence-electron chi connectivity index (χ3n) is 1.32. The highest BCUT2D eigenvalue weighted by molar-refractivity contribution is 6.43. The van der Waals surface area contributed by atoms with Crippen LogP contribution in [-0.2, 0) is 8.23 Å². The van der Waals surface area contributed by atoms with Gasteiger partial charge in [0.05, 0.1) is 0 Å². The van der Waals surface area contributed by atoms with Gasteiger partial charge in [-0.3, -0.25) is 0 Å². The molecule has 0 heterocycles. The lowest BCUT2D eigenvalue weighted by atomic mass is 10.3. The molecule has 0 saturated heterocycles. The molecule has 0 rings (SSSR count). The summed E-state index contributed by atoms with van der Waals surface area (Å²) >= 11 is 0. The quantitative estimate of drug-likeness (QED) is 0.339. The molecular formula is C5H20N2O2Si3. The van der Waals surface area contributed by atoms with Gasteiger partial charge in [-0.15, -0.1) is 0 Å². The van der Waals surface area contributed by atoms with Crippen LogP contribution in [0.4, 0.5) is 0 Å². The van der Waals surface area contributed by atoms with E-state index in [-0.39, 0.29) is 0 Å². The topological polar surface area (TPSA) is 42.5 Å². The lowest BCUT2D eigenvalue weighted by molar-refractivity contribution is 0.479. The summed E-state index contributed by atoms with van der Waals surface area (Å²) in [6, 6.07) is 0. The van der Waals surface area contributed by atoms with Crippen LogP contribution in [0.1, 0.15) is 19.8 Å². The predicted molar refractivity (Wildman–Crippen MR) is 59.8 cm³/mol. The fraction of sp³-hybridized carbons (Fsp3) is 1.00. The second-order valence-corrected chi connectivity index (χ2v) is 7.81. The minimum absolute atomic E-state index is 0.441. The summed E-state index contributed by atoms with van der Waals surface area (Å²) in [5.41, 5.74) is 0. The highest BCUT2D eigenvalue weighted by atomic mass is 28.4. The van der Waals surface area contributed by atoms with E-state index in [2.05, 4.69) is 16.9 Å². The molecule has 0 aromatic heterocycles. The molecule has 0 saturated carbocycles. The molecule has 2 N–H and O–H groups in total. The van der Waals surface area contributed by atoms with Gasteiger partial charge in [-0.2, -0.15) is 0 Å². The lowest BCUT2D eigenvalue weighted by Gasteiger charge is -2.05. The molecule has 0 aliphatic rings. The Morgan fingerprint density at radius 3 is 2.67 bits per heavy atom. The molecule has 0 aliphatic heterocycles. The van der Waals surface area contributed by atoms with Gasteiger partial charge in [-0.1, -0.05) is 13.3 Å². The van der Waals surface area contributed by atoms with Crippen LogP contribution in [0.5, 0.6) is 0 Å². The minimum Gasteiger partial charge on any atom is -0.433 e. The predicted octanol–water partition coefficient (Wildman–Crippen LogP) is -2.37. The van der Waals surface area contributed by atoms with Crippen LogP contribution in [0.15, 0.2) is 0 Å². The Kier molecular flexibility index (Phi) is 12.0. The first-order valence-electron chi connectivity index (χ1n) is 4.42. The molecule has 0 bridgehead atoms. The fourth-order valence-corrected chi connectivity index (χ4v) is 4.68. The van der Waals surface area contributed by atoms with Crippen LogP contribution < -0.4 is 9.96 Å². The maximum atomic E-state index is 5.42. The van der Waals surface area contributed by atoms with Gasteiger partial charge in [0.2, 0.25) is 19.8 Å². The second-order valence-electron chi connectivity index (χ2n) is 2.52. The molecule has 12 heavy (non-hydrogen) atoms. The number of rotatable bonds is 9. The third kappa shape index (κ3) is 10.5. The van der Waals surface area contributed by atoms with Crippen LogP contribution in [-0.4, -0.2) is 43.4 Å². The summed E-state index contributed by atoms with van der Waals surface area (Å²) in [6.45, 7) is 3.31. The minimum atomic E-state index is -0.635. The van der Waals surface area contributed by atoms with Gasteiger partial charge in [0.15, 0.2) is 0 Å². The van der Waals surface area contributed by atoms with Gasteiger partial charge in [-0.25, -0.2) is 0 Å². The van der Waals surface area contributed by atoms with Crippen molar-refractivity contribution in [3.63, 3.8) is 0 Å². The molecule has 0 aromatic rings. The standard InChI is InChI=1S/C5H20N2O2Si3/c1-3-4-5-7-11-9-12-8-10-6-2/h6-7H,3-5,10-12H2,1-2H3. The van der Waals surface area contributed by atoms with Crippen LogP contribution in [0.2, 0.25) is 0 Å². The van der Waals surface area contributed by atoms with E-state index in [4.69, 9.17) is 8.23 Å². The van der Waals surface area contributed by atoms with Crippen molar-refractivity contribution in [3.8, 4) is 0 Å². The van der Waals surface area contributed by atoms with E-state index in [0.717, 1.165) is 6.54 Å². The Morgan fingerprint density at radius 2 is 2.00 bits per heavy atom. The maximum absolute atomic E-state index is 5.42. The molecule has 0 atom stereocenters. The average molecular weight is 224 g/mol. The molecule has 0 spiro atoms. The molecule has 4 nitrogen and oxygen atoms in total. The van der Waals surface area contributed by atoms with Crippen molar-refractivity contribution >= 4 is 29.9 Å². The molecular weight excluding hydrogens is 204 g/mol. The molecule has 0 unspecified atom stereocenters. The van der Waals surface area contributed by atoms with Crippen LogP contribution in [0.25, 0.3) is 0 Å². The summed E-state index contributed by atoms with van der Waals surface area (Å²) in [4.78, 5) is 6.37. The zero-order chi connectivity index (χ0) is 9.07. The van der Waals surface area contributed by atoms with Gasteiger partial charge in [0.25, 0.3) is 10.0 Å². The van der Waals surface area contributed by atoms with Crippen molar-refractivity contribution in [2.45, 2.75) is 19.8 Å². The molecule has 7 heteroatoms. The smallest absolute Gasteiger partial charge is 0.284 e. The summed E-state index contributed by atoms with van der Waals surface area (Å²) in [5.74, 6) is 0. The molecule has 0 fully saturated rings. The summed E-state index contributed by atoms with van der Waals surface area (Å²) in [6.07, 6.45) is 2.51. The van der Waals surface area contributed by atoms with E-state index in [0.29, 0.717) is 0 Å². The second kappa shape index (κ2) is 11.5. The molecule has 0 aliphatic carbocycles. The number of unbranched alkanes of at least 4 members (excludes halogenated alkanes) is 1. The number of nitrogens with one attached hydrogen (secondary N) is 2. The molecule has 74 valence electrons. The maximum Gasteiger partial charge on any atom is 0.284 e. The van der Waals surface area contributed by atoms with Crippen molar-refractivity contribution in [1.82, 2.24) is 9.96 Å². The first-order valence-corrected chi connectivity index (χ1v) is 8.15. The van der Waals surface area contributed by atoms with E-state index >= 15 is 0 Å². The zero-order valence-corrected chi connectivity index (χ0v) is 12.3. The van der Waals surface area contributed by atoms with Crippen molar-refractivity contribution in [1.29, 1.82) is 0 Å². The third-order valence-corrected chi connectivity index (χ3v) is 5.14. The highest BCUT2D eigenvalue weighted by Crippen LogP contribution is 1.80. The van der Waals surface area contributed by atoms with E-state index < -0.39 is 29.9 Å². The Bertz CT molecular complexity index is 79.1. The van der Waals surface area contributed by atoms with Crippen molar-refractivity contribution in [3.05, 3.63) is 0 Å². The summed E-state index contributed by atoms with van der Waals surface area (Å²) in [5, 5.41) is 0. The van der Waals surface area contributed by atoms with Gasteiger partial charge < -0.3 is 18.2 Å². The Hall–Kier alpha value is 0.491. The lowest BCUT2D eigenvalue weighted by Crippen LogP contribution is -2.27.